The number of carbonyl (C=O) groups is 1. The number of carbonyl (C=O) groups excluding carboxylic acids is 1. The van der Waals surface area contributed by atoms with Gasteiger partial charge < -0.3 is 9.64 Å². The molecule has 0 aliphatic carbocycles. The van der Waals surface area contributed by atoms with Crippen LogP contribution in [0.3, 0.4) is 0 Å². The molecule has 0 aliphatic heterocycles. The number of pyridine rings is 1. The van der Waals surface area contributed by atoms with Gasteiger partial charge in [-0.2, -0.15) is 13.2 Å². The zero-order chi connectivity index (χ0) is 17.7. The molecule has 0 atom stereocenters. The van der Waals surface area contributed by atoms with Gasteiger partial charge in [0.2, 0.25) is 5.88 Å². The number of aromatic nitrogens is 1. The second kappa shape index (κ2) is 7.33. The summed E-state index contributed by atoms with van der Waals surface area (Å²) in [6.07, 6.45) is -2.98. The van der Waals surface area contributed by atoms with E-state index in [1.54, 1.807) is 13.0 Å². The smallest absolute Gasteiger partial charge is 0.416 e. The Bertz CT molecular complexity index is 717. The minimum Gasteiger partial charge on any atom is -0.477 e. The summed E-state index contributed by atoms with van der Waals surface area (Å²) < 4.78 is 44.5. The second-order valence-electron chi connectivity index (χ2n) is 5.11. The Morgan fingerprint density at radius 1 is 1.21 bits per heavy atom. The fourth-order valence-electron chi connectivity index (χ4n) is 2.27. The van der Waals surface area contributed by atoms with Crippen LogP contribution >= 0.6 is 0 Å². The van der Waals surface area contributed by atoms with Gasteiger partial charge in [-0.1, -0.05) is 18.2 Å². The zero-order valence-electron chi connectivity index (χ0n) is 13.3. The van der Waals surface area contributed by atoms with Crippen LogP contribution in [0.15, 0.2) is 42.6 Å². The van der Waals surface area contributed by atoms with E-state index in [1.807, 2.05) is 0 Å². The zero-order valence-corrected chi connectivity index (χ0v) is 13.3. The van der Waals surface area contributed by atoms with Gasteiger partial charge in [-0.15, -0.1) is 0 Å². The Kier molecular flexibility index (Phi) is 5.43. The molecule has 0 bridgehead atoms. The van der Waals surface area contributed by atoms with Crippen molar-refractivity contribution in [1.82, 2.24) is 9.88 Å². The van der Waals surface area contributed by atoms with Crippen LogP contribution in [0, 0.1) is 0 Å². The molecule has 1 heterocycles. The van der Waals surface area contributed by atoms with E-state index in [1.165, 1.54) is 42.4 Å². The van der Waals surface area contributed by atoms with E-state index in [-0.39, 0.29) is 23.6 Å². The Morgan fingerprint density at radius 3 is 2.58 bits per heavy atom. The molecule has 24 heavy (non-hydrogen) atoms. The summed E-state index contributed by atoms with van der Waals surface area (Å²) in [5.74, 6) is -0.288. The fourth-order valence-corrected chi connectivity index (χ4v) is 2.27. The van der Waals surface area contributed by atoms with Gasteiger partial charge in [0.05, 0.1) is 12.2 Å². The predicted molar refractivity (Wildman–Crippen MR) is 82.6 cm³/mol. The van der Waals surface area contributed by atoms with Gasteiger partial charge in [-0.05, 0) is 30.7 Å². The van der Waals surface area contributed by atoms with Gasteiger partial charge in [-0.25, -0.2) is 4.98 Å². The Morgan fingerprint density at radius 2 is 1.92 bits per heavy atom. The average Bonchev–Trinajstić information content (AvgIpc) is 2.54. The monoisotopic (exact) mass is 338 g/mol. The summed E-state index contributed by atoms with van der Waals surface area (Å²) >= 11 is 0. The summed E-state index contributed by atoms with van der Waals surface area (Å²) in [7, 11) is 1.44. The molecule has 0 unspecified atom stereocenters. The number of hydrogen-bond donors (Lipinski definition) is 0. The van der Waals surface area contributed by atoms with Crippen molar-refractivity contribution >= 4 is 5.91 Å². The molecule has 0 fully saturated rings. The summed E-state index contributed by atoms with van der Waals surface area (Å²) in [5.41, 5.74) is -0.505. The third-order valence-corrected chi connectivity index (χ3v) is 3.36. The number of benzene rings is 1. The molecule has 0 aliphatic rings. The van der Waals surface area contributed by atoms with E-state index in [9.17, 15) is 18.0 Å². The largest absolute Gasteiger partial charge is 0.477 e. The molecule has 1 amide bonds. The lowest BCUT2D eigenvalue weighted by molar-refractivity contribution is -0.138. The molecule has 4 nitrogen and oxygen atoms in total. The molecule has 0 N–H and O–H groups in total. The quantitative estimate of drug-likeness (QED) is 0.833. The van der Waals surface area contributed by atoms with Crippen LogP contribution < -0.4 is 4.74 Å². The van der Waals surface area contributed by atoms with Crippen molar-refractivity contribution in [1.29, 1.82) is 0 Å². The van der Waals surface area contributed by atoms with Crippen molar-refractivity contribution in [2.75, 3.05) is 13.7 Å². The molecule has 1 aromatic carbocycles. The molecular weight excluding hydrogens is 321 g/mol. The number of halogens is 3. The first kappa shape index (κ1) is 17.8. The molecule has 2 aromatic rings. The SMILES string of the molecule is CCOc1ncccc1C(=O)N(C)Cc1ccccc1C(F)(F)F. The highest BCUT2D eigenvalue weighted by Crippen LogP contribution is 2.32. The summed E-state index contributed by atoms with van der Waals surface area (Å²) in [5, 5.41) is 0. The van der Waals surface area contributed by atoms with Gasteiger partial charge in [-0.3, -0.25) is 4.79 Å². The van der Waals surface area contributed by atoms with Crippen LogP contribution in [-0.2, 0) is 12.7 Å². The van der Waals surface area contributed by atoms with E-state index >= 15 is 0 Å². The van der Waals surface area contributed by atoms with Gasteiger partial charge in [0.25, 0.3) is 5.91 Å². The first-order chi connectivity index (χ1) is 11.3. The van der Waals surface area contributed by atoms with Gasteiger partial charge >= 0.3 is 6.18 Å². The number of hydrogen-bond acceptors (Lipinski definition) is 3. The van der Waals surface area contributed by atoms with Crippen LogP contribution in [0.5, 0.6) is 5.88 Å². The third-order valence-electron chi connectivity index (χ3n) is 3.36. The van der Waals surface area contributed by atoms with Crippen LogP contribution in [0.4, 0.5) is 13.2 Å². The summed E-state index contributed by atoms with van der Waals surface area (Å²) in [6.45, 7) is 1.92. The molecule has 0 radical (unpaired) electrons. The first-order valence-corrected chi connectivity index (χ1v) is 7.33. The molecule has 0 saturated heterocycles. The maximum atomic E-state index is 13.1. The molecule has 128 valence electrons. The lowest BCUT2D eigenvalue weighted by Gasteiger charge is -2.21. The molecule has 0 spiro atoms. The van der Waals surface area contributed by atoms with Crippen LogP contribution in [0.1, 0.15) is 28.4 Å². The number of amides is 1. The average molecular weight is 338 g/mol. The number of rotatable bonds is 5. The highest BCUT2D eigenvalue weighted by atomic mass is 19.4. The van der Waals surface area contributed by atoms with E-state index in [0.717, 1.165) is 6.07 Å². The third kappa shape index (κ3) is 4.04. The minimum absolute atomic E-state index is 0.0303. The van der Waals surface area contributed by atoms with Crippen molar-refractivity contribution in [3.63, 3.8) is 0 Å². The number of nitrogens with zero attached hydrogens (tertiary/aromatic N) is 2. The minimum atomic E-state index is -4.47. The van der Waals surface area contributed by atoms with Gasteiger partial charge in [0.15, 0.2) is 0 Å². The van der Waals surface area contributed by atoms with Crippen molar-refractivity contribution in [3.8, 4) is 5.88 Å². The van der Waals surface area contributed by atoms with Crippen molar-refractivity contribution in [2.24, 2.45) is 0 Å². The standard InChI is InChI=1S/C17H17F3N2O2/c1-3-24-15-13(8-6-10-21-15)16(23)22(2)11-12-7-4-5-9-14(12)17(18,19)20/h4-10H,3,11H2,1-2H3. The van der Waals surface area contributed by atoms with E-state index in [2.05, 4.69) is 4.98 Å². The highest BCUT2D eigenvalue weighted by molar-refractivity contribution is 5.96. The Hall–Kier alpha value is -2.57. The molecule has 2 rings (SSSR count). The van der Waals surface area contributed by atoms with Crippen molar-refractivity contribution < 1.29 is 22.7 Å². The lowest BCUT2D eigenvalue weighted by atomic mass is 10.1. The molecule has 1 aromatic heterocycles. The van der Waals surface area contributed by atoms with Crippen molar-refractivity contribution in [3.05, 3.63) is 59.3 Å². The second-order valence-corrected chi connectivity index (χ2v) is 5.11. The maximum absolute atomic E-state index is 13.1. The lowest BCUT2D eigenvalue weighted by Crippen LogP contribution is -2.28. The first-order valence-electron chi connectivity index (χ1n) is 7.33. The number of ether oxygens (including phenoxy) is 1. The van der Waals surface area contributed by atoms with Gasteiger partial charge in [0.1, 0.15) is 5.56 Å². The maximum Gasteiger partial charge on any atom is 0.416 e. The Balaban J connectivity index is 2.25. The number of alkyl halides is 3. The highest BCUT2D eigenvalue weighted by Gasteiger charge is 2.33. The normalized spacial score (nSPS) is 11.2. The fraction of sp³-hybridized carbons (Fsp3) is 0.294. The van der Waals surface area contributed by atoms with Crippen LogP contribution in [-0.4, -0.2) is 29.4 Å². The molecule has 0 saturated carbocycles. The summed E-state index contributed by atoms with van der Waals surface area (Å²) in [4.78, 5) is 17.7. The van der Waals surface area contributed by atoms with E-state index in [4.69, 9.17) is 4.74 Å². The van der Waals surface area contributed by atoms with E-state index < -0.39 is 17.6 Å². The molecule has 7 heteroatoms. The molecular formula is C17H17F3N2O2. The van der Waals surface area contributed by atoms with Gasteiger partial charge in [0, 0.05) is 19.8 Å². The van der Waals surface area contributed by atoms with E-state index in [0.29, 0.717) is 6.61 Å². The predicted octanol–water partition coefficient (Wildman–Crippen LogP) is 3.77. The van der Waals surface area contributed by atoms with Crippen LogP contribution in [0.25, 0.3) is 0 Å². The van der Waals surface area contributed by atoms with Crippen molar-refractivity contribution in [2.45, 2.75) is 19.6 Å². The topological polar surface area (TPSA) is 42.4 Å². The summed E-state index contributed by atoms with van der Waals surface area (Å²) in [6, 6.07) is 8.31. The Labute approximate surface area is 137 Å². The van der Waals surface area contributed by atoms with Crippen LogP contribution in [0.2, 0.25) is 0 Å².